The quantitative estimate of drug-likeness (QED) is 0.0207. The van der Waals surface area contributed by atoms with Gasteiger partial charge in [-0.1, -0.05) is 123 Å². The van der Waals surface area contributed by atoms with Gasteiger partial charge in [-0.15, -0.1) is 11.8 Å². The molecule has 3 heterocycles. The lowest BCUT2D eigenvalue weighted by molar-refractivity contribution is -0.153. The number of aliphatic hydroxyl groups excluding tert-OH is 2. The number of aromatic amines is 1. The number of nitrogens with two attached hydrogens (primary N) is 3. The number of aliphatic carboxylic acids is 1. The number of nitrogens with zero attached hydrogens (tertiary/aromatic N) is 5. The van der Waals surface area contributed by atoms with Crippen LogP contribution in [0.2, 0.25) is 0 Å². The fraction of sp³-hybridized carbons (Fsp3) is 0.432. The van der Waals surface area contributed by atoms with Crippen LogP contribution < -0.4 is 59.7 Å². The van der Waals surface area contributed by atoms with Crippen LogP contribution in [0.1, 0.15) is 85.8 Å². The van der Waals surface area contributed by atoms with Gasteiger partial charge in [-0.3, -0.25) is 71.9 Å². The van der Waals surface area contributed by atoms with E-state index in [-0.39, 0.29) is 94.5 Å². The number of para-hydroxylation sites is 1. The Labute approximate surface area is 793 Å². The van der Waals surface area contributed by atoms with E-state index in [1.54, 1.807) is 117 Å². The Morgan fingerprint density at radius 2 is 1.06 bits per heavy atom. The number of H-pyrrole nitrogens is 1. The summed E-state index contributed by atoms with van der Waals surface area (Å²) >= 11 is 0.679. The molecule has 9 rings (SSSR count). The van der Waals surface area contributed by atoms with Crippen molar-refractivity contribution in [3.63, 3.8) is 0 Å². The monoisotopic (exact) mass is 1920 g/mol. The maximum Gasteiger partial charge on any atom is 0.305 e. The number of methoxy groups -OCH3 is 1. The average molecular weight is 1920 g/mol. The molecule has 42 heteroatoms. The normalized spacial score (nSPS) is 17.0. The third-order valence-corrected chi connectivity index (χ3v) is 24.8. The molecule has 0 saturated carbocycles. The number of carboxylic acids is 1. The van der Waals surface area contributed by atoms with E-state index >= 15 is 28.4 Å². The first kappa shape index (κ1) is 107. The van der Waals surface area contributed by atoms with Gasteiger partial charge in [0, 0.05) is 116 Å². The molecule has 39 nitrogen and oxygen atoms in total. The first-order valence-electron chi connectivity index (χ1n) is 44.5. The van der Waals surface area contributed by atoms with Gasteiger partial charge in [0.1, 0.15) is 84.2 Å². The number of likely N-dealkylation sites (tertiary alicyclic amines) is 2. The number of hydrogen-bond acceptors (Lipinski definition) is 24. The minimum atomic E-state index is -1.91. The van der Waals surface area contributed by atoms with Crippen molar-refractivity contribution in [2.75, 3.05) is 72.5 Å². The number of benzene rings is 6. The molecule has 137 heavy (non-hydrogen) atoms. The summed E-state index contributed by atoms with van der Waals surface area (Å²) in [4.78, 5) is 237. The maximum absolute atomic E-state index is 15.6. The Balaban J connectivity index is 0.929. The summed E-state index contributed by atoms with van der Waals surface area (Å²) in [7, 11) is 5.07. The summed E-state index contributed by atoms with van der Waals surface area (Å²) in [6.07, 6.45) is -4.06. The van der Waals surface area contributed by atoms with Crippen LogP contribution in [-0.4, -0.2) is 313 Å². The molecular weight excluding hydrogens is 1800 g/mol. The van der Waals surface area contributed by atoms with Crippen molar-refractivity contribution in [2.24, 2.45) is 23.1 Å². The highest BCUT2D eigenvalue weighted by Crippen LogP contribution is 2.28. The molecule has 0 radical (unpaired) electrons. The van der Waals surface area contributed by atoms with Gasteiger partial charge in [0.25, 0.3) is 0 Å². The Bertz CT molecular complexity index is 5400. The summed E-state index contributed by atoms with van der Waals surface area (Å²) in [6, 6.07) is 18.2. The first-order valence-corrected chi connectivity index (χ1v) is 45.7. The van der Waals surface area contributed by atoms with E-state index in [4.69, 9.17) is 21.9 Å². The largest absolute Gasteiger partial charge is 0.508 e. The number of likely N-dealkylation sites (N-methyl/N-ethyl adjacent to an activating group) is 3. The zero-order valence-electron chi connectivity index (χ0n) is 76.6. The number of primary amides is 1. The number of aromatic nitrogens is 1. The molecule has 736 valence electrons. The second-order valence-electron chi connectivity index (χ2n) is 34.3. The standard InChI is InChI=1S/C95H119F2N17O22S/c1-53(2)83(95(135)110(3)60(50-115)36-54-16-9-7-10-17-54)109-88(128)73(45-82(122)123)107-90(130)78-44-64(119)49-114(78)94(134)76(33-35-136-6)111(4)93(133)79(41-55-18-11-8-12-19-55)112(5)92(132)74(40-58-27-32-66(96)67(97)37-58)103-81(121)52-137-51-75(84(124)102-47-80(100)120)108-85(125)70(22-15-34-98)104-86(126)71(39-57-25-30-62(117)31-26-57)105-87(127)72(42-59-46-101-69-21-14-13-20-65(59)69)106-89(129)77-43-63(118)48-113(77)91(131)68(99)38-56-23-28-61(116)29-24-56/h7-14,16-21,23-32,37,46,50,53,60,63-64,68,70-79,83,101,116-119H,15,22,33-36,38-45,47-49,51-52,98-99H2,1-6H3,(H2,100,120)(H,102,124)(H,103,121)(H,104,126)(H,105,127)(H,106,129)(H,107,130)(H,108,125)(H,109,128)(H,122,123)/t60-,63-,64-,68-,70-,71-,72-,73-,74-,75-,76-,77+,78+,79?,83-/m0/s1. The number of hydrogen-bond donors (Lipinski definition) is 17. The third kappa shape index (κ3) is 30.6. The van der Waals surface area contributed by atoms with E-state index in [1.807, 2.05) is 0 Å². The first-order chi connectivity index (χ1) is 65.3. The van der Waals surface area contributed by atoms with Crippen molar-refractivity contribution in [3.8, 4) is 11.5 Å². The van der Waals surface area contributed by atoms with Gasteiger partial charge in [-0.2, -0.15) is 0 Å². The molecule has 1 unspecified atom stereocenters. The number of carbonyl (C=O) groups excluding carboxylic acids is 15. The van der Waals surface area contributed by atoms with Gasteiger partial charge >= 0.3 is 5.97 Å². The second-order valence-corrected chi connectivity index (χ2v) is 35.3. The van der Waals surface area contributed by atoms with E-state index in [0.29, 0.717) is 51.2 Å². The van der Waals surface area contributed by atoms with Crippen LogP contribution in [0, 0.1) is 17.6 Å². The highest BCUT2D eigenvalue weighted by atomic mass is 32.2. The number of thioether (sulfide) groups is 1. The summed E-state index contributed by atoms with van der Waals surface area (Å²) < 4.78 is 35.3. The number of β-amino-alcohol motifs (C(OH)–C–C–N with tert-alkyl or cyclic N) is 2. The van der Waals surface area contributed by atoms with Crippen molar-refractivity contribution in [1.29, 1.82) is 0 Å². The number of ether oxygens (including phenoxy) is 1. The molecule has 0 spiro atoms. The van der Waals surface area contributed by atoms with E-state index in [2.05, 4.69) is 47.5 Å². The maximum atomic E-state index is 15.6. The van der Waals surface area contributed by atoms with Gasteiger partial charge in [0.15, 0.2) is 11.6 Å². The summed E-state index contributed by atoms with van der Waals surface area (Å²) in [5.41, 5.74) is 21.1. The van der Waals surface area contributed by atoms with Gasteiger partial charge in [0.05, 0.1) is 43.0 Å². The lowest BCUT2D eigenvalue weighted by Gasteiger charge is -2.37. The van der Waals surface area contributed by atoms with E-state index < -0.39 is 241 Å². The van der Waals surface area contributed by atoms with Crippen molar-refractivity contribution < 1.29 is 116 Å². The zero-order valence-corrected chi connectivity index (χ0v) is 77.4. The van der Waals surface area contributed by atoms with E-state index in [0.717, 1.165) is 48.3 Å². The molecular formula is C95H119F2N17O22S. The Hall–Kier alpha value is -13.8. The second kappa shape index (κ2) is 51.2. The molecule has 1 aromatic heterocycles. The molecule has 15 atom stereocenters. The van der Waals surface area contributed by atoms with Gasteiger partial charge < -0.3 is 124 Å². The highest BCUT2D eigenvalue weighted by molar-refractivity contribution is 8.00. The van der Waals surface area contributed by atoms with Crippen LogP contribution in [0.4, 0.5) is 8.78 Å². The summed E-state index contributed by atoms with van der Waals surface area (Å²) in [6.45, 7) is 1.27. The van der Waals surface area contributed by atoms with Gasteiger partial charge in [-0.05, 0) is 114 Å². The number of phenols is 2. The lowest BCUT2D eigenvalue weighted by Crippen LogP contribution is -2.61. The molecule has 0 aliphatic carbocycles. The van der Waals surface area contributed by atoms with Gasteiger partial charge in [-0.25, -0.2) is 8.78 Å². The number of halogens is 2. The van der Waals surface area contributed by atoms with Crippen molar-refractivity contribution in [1.82, 2.24) is 72.0 Å². The number of amides is 14. The molecule has 20 N–H and O–H groups in total. The molecule has 14 amide bonds. The molecule has 2 fully saturated rings. The number of aldehydes is 1. The molecule has 0 bridgehead atoms. The smallest absolute Gasteiger partial charge is 0.305 e. The minimum Gasteiger partial charge on any atom is -0.508 e. The fourth-order valence-corrected chi connectivity index (χ4v) is 17.1. The number of aliphatic hydroxyl groups is 2. The topological polar surface area (TPSA) is 590 Å². The number of aromatic hydroxyl groups is 2. The van der Waals surface area contributed by atoms with Crippen LogP contribution in [-0.2, 0) is 120 Å². The summed E-state index contributed by atoms with van der Waals surface area (Å²) in [5, 5.41) is 73.6. The van der Waals surface area contributed by atoms with Crippen molar-refractivity contribution in [2.45, 2.75) is 182 Å². The number of phenolic OH excluding ortho intramolecular Hbond substituents is 2. The SMILES string of the molecule is COCC[C@@H](C(=O)N1C[C@@H](O)C[C@@H]1C(=O)N[C@@H](CC(=O)O)C(=O)N[C@H](C(=O)N(C)[C@H](C=O)Cc1ccccc1)C(C)C)N(C)C(=O)C(Cc1ccccc1)N(C)C(=O)[C@H](Cc1ccc(F)c(F)c1)NC(=O)CSC[C@H](NC(=O)[C@H](CCCN)NC(=O)[C@H](Cc1ccc(O)cc1)NC(=O)[C@H](Cc1c[nH]c2ccccc12)NC(=O)[C@H]1C[C@H](O)CN1C(=O)[C@@H](N)Cc1ccc(O)cc1)C(=O)NCC(N)=O. The van der Waals surface area contributed by atoms with Crippen LogP contribution in [0.25, 0.3) is 10.9 Å². The molecule has 6 aromatic carbocycles. The molecule has 7 aromatic rings. The molecule has 2 aliphatic heterocycles. The van der Waals surface area contributed by atoms with Crippen LogP contribution in [0.15, 0.2) is 158 Å². The number of carbonyl (C=O) groups is 16. The number of rotatable bonds is 50. The average Bonchev–Trinajstić information content (AvgIpc) is 1.75. The predicted octanol–water partition coefficient (Wildman–Crippen LogP) is -0.822. The number of nitrogens with one attached hydrogen (secondary N) is 9. The minimum absolute atomic E-state index is 0.0129. The summed E-state index contributed by atoms with van der Waals surface area (Å²) in [5.74, 6) is -19.8. The number of fused-ring (bicyclic) bond motifs is 1. The van der Waals surface area contributed by atoms with E-state index in [1.165, 1.54) is 64.7 Å². The van der Waals surface area contributed by atoms with Crippen LogP contribution in [0.3, 0.4) is 0 Å². The van der Waals surface area contributed by atoms with Crippen molar-refractivity contribution >= 4 is 118 Å². The van der Waals surface area contributed by atoms with Gasteiger partial charge in [0.2, 0.25) is 82.7 Å². The zero-order chi connectivity index (χ0) is 100. The predicted molar refractivity (Wildman–Crippen MR) is 497 cm³/mol. The Morgan fingerprint density at radius 3 is 1.63 bits per heavy atom. The molecule has 2 aliphatic rings. The van der Waals surface area contributed by atoms with Crippen molar-refractivity contribution in [3.05, 3.63) is 203 Å². The van der Waals surface area contributed by atoms with Crippen LogP contribution >= 0.6 is 11.8 Å². The lowest BCUT2D eigenvalue weighted by atomic mass is 9.99. The fourth-order valence-electron chi connectivity index (χ4n) is 16.2. The Morgan fingerprint density at radius 1 is 0.547 bits per heavy atom. The van der Waals surface area contributed by atoms with Crippen LogP contribution in [0.5, 0.6) is 11.5 Å². The highest BCUT2D eigenvalue weighted by Gasteiger charge is 2.48. The third-order valence-electron chi connectivity index (χ3n) is 23.8. The number of carboxylic acid groups (broad SMARTS) is 1. The Kier molecular flexibility index (Phi) is 40.0. The van der Waals surface area contributed by atoms with E-state index in [9.17, 15) is 82.7 Å². The molecule has 2 saturated heterocycles.